The molecule has 160 valence electrons. The fourth-order valence-corrected chi connectivity index (χ4v) is 3.87. The molecular weight excluding hydrogens is 397 g/mol. The lowest BCUT2D eigenvalue weighted by molar-refractivity contribution is 0.0692. The molecule has 1 fully saturated rings. The molecule has 3 aromatic rings. The number of likely N-dealkylation sites (tertiary alicyclic amines) is 1. The van der Waals surface area contributed by atoms with E-state index in [9.17, 15) is 14.0 Å². The van der Waals surface area contributed by atoms with Crippen molar-refractivity contribution in [2.75, 3.05) is 13.1 Å². The van der Waals surface area contributed by atoms with Crippen molar-refractivity contribution in [3.63, 3.8) is 0 Å². The molecule has 0 bridgehead atoms. The maximum atomic E-state index is 13.8. The number of benzene rings is 2. The number of nitrogens with zero attached hydrogens (tertiary/aromatic N) is 4. The van der Waals surface area contributed by atoms with E-state index in [2.05, 4.69) is 21.7 Å². The maximum absolute atomic E-state index is 13.8. The monoisotopic (exact) mass is 421 g/mol. The van der Waals surface area contributed by atoms with Gasteiger partial charge in [-0.1, -0.05) is 23.4 Å². The summed E-state index contributed by atoms with van der Waals surface area (Å²) < 4.78 is 15.4. The molecule has 1 aliphatic rings. The fraction of sp³-hybridized carbons (Fsp3) is 0.304. The summed E-state index contributed by atoms with van der Waals surface area (Å²) in [4.78, 5) is 26.9. The van der Waals surface area contributed by atoms with Crippen molar-refractivity contribution < 1.29 is 14.0 Å². The molecule has 0 radical (unpaired) electrons. The quantitative estimate of drug-likeness (QED) is 0.702. The number of nitrogens with one attached hydrogen (secondary N) is 1. The smallest absolute Gasteiger partial charge is 0.276 e. The highest BCUT2D eigenvalue weighted by Gasteiger charge is 2.27. The van der Waals surface area contributed by atoms with Crippen LogP contribution in [0.3, 0.4) is 0 Å². The minimum Gasteiger partial charge on any atom is -0.349 e. The predicted molar refractivity (Wildman–Crippen MR) is 114 cm³/mol. The van der Waals surface area contributed by atoms with Crippen LogP contribution in [0.25, 0.3) is 5.69 Å². The third-order valence-corrected chi connectivity index (χ3v) is 5.42. The first-order valence-corrected chi connectivity index (χ1v) is 10.3. The molecule has 1 N–H and O–H groups in total. The highest BCUT2D eigenvalue weighted by atomic mass is 19.1. The molecular formula is C23H24FN5O2. The zero-order chi connectivity index (χ0) is 22.0. The van der Waals surface area contributed by atoms with E-state index in [1.54, 1.807) is 27.9 Å². The van der Waals surface area contributed by atoms with E-state index in [0.717, 1.165) is 16.8 Å². The van der Waals surface area contributed by atoms with Crippen LogP contribution in [0, 0.1) is 19.7 Å². The van der Waals surface area contributed by atoms with Gasteiger partial charge in [-0.05, 0) is 62.1 Å². The Hall–Kier alpha value is -3.55. The van der Waals surface area contributed by atoms with Crippen LogP contribution in [0.5, 0.6) is 0 Å². The van der Waals surface area contributed by atoms with Gasteiger partial charge in [-0.15, -0.1) is 5.10 Å². The van der Waals surface area contributed by atoms with Gasteiger partial charge in [0.2, 0.25) is 0 Å². The number of carbonyl (C=O) groups excluding carboxylic acids is 2. The number of hydrogen-bond donors (Lipinski definition) is 1. The molecule has 31 heavy (non-hydrogen) atoms. The van der Waals surface area contributed by atoms with E-state index >= 15 is 0 Å². The van der Waals surface area contributed by atoms with Gasteiger partial charge in [-0.25, -0.2) is 9.07 Å². The molecule has 1 saturated heterocycles. The van der Waals surface area contributed by atoms with E-state index in [0.29, 0.717) is 25.9 Å². The molecule has 0 aliphatic carbocycles. The van der Waals surface area contributed by atoms with Gasteiger partial charge in [-0.2, -0.15) is 0 Å². The lowest BCUT2D eigenvalue weighted by atomic mass is 10.0. The van der Waals surface area contributed by atoms with Gasteiger partial charge >= 0.3 is 0 Å². The Morgan fingerprint density at radius 3 is 2.42 bits per heavy atom. The fourth-order valence-electron chi connectivity index (χ4n) is 3.87. The third-order valence-electron chi connectivity index (χ3n) is 5.42. The average Bonchev–Trinajstić information content (AvgIpc) is 3.24. The summed E-state index contributed by atoms with van der Waals surface area (Å²) in [5.41, 5.74) is 3.39. The molecule has 2 heterocycles. The van der Waals surface area contributed by atoms with Crippen molar-refractivity contribution in [2.45, 2.75) is 32.7 Å². The summed E-state index contributed by atoms with van der Waals surface area (Å²) in [5.74, 6) is -1.16. The van der Waals surface area contributed by atoms with Gasteiger partial charge in [0.15, 0.2) is 5.69 Å². The number of rotatable bonds is 4. The van der Waals surface area contributed by atoms with Crippen LogP contribution < -0.4 is 5.32 Å². The Balaban J connectivity index is 1.36. The topological polar surface area (TPSA) is 80.1 Å². The van der Waals surface area contributed by atoms with Crippen LogP contribution >= 0.6 is 0 Å². The van der Waals surface area contributed by atoms with Gasteiger partial charge in [0.1, 0.15) is 5.82 Å². The lowest BCUT2D eigenvalue weighted by Gasteiger charge is -2.31. The minimum absolute atomic E-state index is 0.0315. The molecule has 2 aromatic carbocycles. The number of carbonyl (C=O) groups is 2. The predicted octanol–water partition coefficient (Wildman–Crippen LogP) is 3.06. The summed E-state index contributed by atoms with van der Waals surface area (Å²) in [5, 5.41) is 11.0. The SMILES string of the molecule is Cc1cc(C)cc(-n2cc(C(=O)N3CCC(NC(=O)c4ccccc4F)CC3)nn2)c1. The standard InChI is InChI=1S/C23H24FN5O2/c1-15-11-16(2)13-18(12-15)29-14-21(26-27-29)23(31)28-9-7-17(8-10-28)25-22(30)19-5-3-4-6-20(19)24/h3-6,11-14,17H,7-10H2,1-2H3,(H,25,30). The Kier molecular flexibility index (Phi) is 5.79. The molecule has 1 aromatic heterocycles. The Morgan fingerprint density at radius 2 is 1.74 bits per heavy atom. The second kappa shape index (κ2) is 8.67. The van der Waals surface area contributed by atoms with Crippen molar-refractivity contribution in [3.05, 3.63) is 76.9 Å². The van der Waals surface area contributed by atoms with Crippen LogP contribution in [-0.4, -0.2) is 50.8 Å². The second-order valence-electron chi connectivity index (χ2n) is 7.91. The summed E-state index contributed by atoms with van der Waals surface area (Å²) in [6.45, 7) is 4.98. The molecule has 1 aliphatic heterocycles. The zero-order valence-electron chi connectivity index (χ0n) is 17.5. The minimum atomic E-state index is -0.542. The van der Waals surface area contributed by atoms with Crippen molar-refractivity contribution in [3.8, 4) is 5.69 Å². The van der Waals surface area contributed by atoms with Gasteiger partial charge in [-0.3, -0.25) is 9.59 Å². The van der Waals surface area contributed by atoms with E-state index in [4.69, 9.17) is 0 Å². The molecule has 4 rings (SSSR count). The Bertz CT molecular complexity index is 1100. The molecule has 0 unspecified atom stereocenters. The van der Waals surface area contributed by atoms with E-state index in [1.807, 2.05) is 26.0 Å². The number of aryl methyl sites for hydroxylation is 2. The lowest BCUT2D eigenvalue weighted by Crippen LogP contribution is -2.46. The number of amides is 2. The highest BCUT2D eigenvalue weighted by Crippen LogP contribution is 2.17. The van der Waals surface area contributed by atoms with E-state index in [-0.39, 0.29) is 23.2 Å². The highest BCUT2D eigenvalue weighted by molar-refractivity contribution is 5.94. The van der Waals surface area contributed by atoms with Crippen LogP contribution in [0.1, 0.15) is 44.8 Å². The molecule has 0 spiro atoms. The first-order valence-electron chi connectivity index (χ1n) is 10.3. The van der Waals surface area contributed by atoms with Gasteiger partial charge in [0, 0.05) is 19.1 Å². The molecule has 7 nitrogen and oxygen atoms in total. The van der Waals surface area contributed by atoms with Crippen LogP contribution in [0.15, 0.2) is 48.7 Å². The summed E-state index contributed by atoms with van der Waals surface area (Å²) in [6.07, 6.45) is 2.83. The van der Waals surface area contributed by atoms with Crippen molar-refractivity contribution in [1.29, 1.82) is 0 Å². The first kappa shape index (κ1) is 20.7. The summed E-state index contributed by atoms with van der Waals surface area (Å²) >= 11 is 0. The molecule has 2 amide bonds. The maximum Gasteiger partial charge on any atom is 0.276 e. The van der Waals surface area contributed by atoms with E-state index in [1.165, 1.54) is 12.1 Å². The number of aromatic nitrogens is 3. The summed E-state index contributed by atoms with van der Waals surface area (Å²) in [7, 11) is 0. The van der Waals surface area contributed by atoms with Crippen molar-refractivity contribution in [1.82, 2.24) is 25.2 Å². The Labute approximate surface area is 179 Å². The average molecular weight is 421 g/mol. The molecule has 0 saturated carbocycles. The number of halogens is 1. The summed E-state index contributed by atoms with van der Waals surface area (Å²) in [6, 6.07) is 11.8. The molecule has 0 atom stereocenters. The van der Waals surface area contributed by atoms with Crippen LogP contribution in [0.4, 0.5) is 4.39 Å². The second-order valence-corrected chi connectivity index (χ2v) is 7.91. The van der Waals surface area contributed by atoms with Crippen molar-refractivity contribution in [2.24, 2.45) is 0 Å². The van der Waals surface area contributed by atoms with Crippen LogP contribution in [-0.2, 0) is 0 Å². The largest absolute Gasteiger partial charge is 0.349 e. The number of hydrogen-bond acceptors (Lipinski definition) is 4. The number of piperidine rings is 1. The third kappa shape index (κ3) is 4.63. The van der Waals surface area contributed by atoms with Crippen molar-refractivity contribution >= 4 is 11.8 Å². The van der Waals surface area contributed by atoms with Crippen LogP contribution in [0.2, 0.25) is 0 Å². The van der Waals surface area contributed by atoms with Gasteiger partial charge in [0.25, 0.3) is 11.8 Å². The van der Waals surface area contributed by atoms with Gasteiger partial charge < -0.3 is 10.2 Å². The van der Waals surface area contributed by atoms with E-state index < -0.39 is 11.7 Å². The van der Waals surface area contributed by atoms with Gasteiger partial charge in [0.05, 0.1) is 17.4 Å². The first-order chi connectivity index (χ1) is 14.9. The normalized spacial score (nSPS) is 14.5. The zero-order valence-corrected chi connectivity index (χ0v) is 17.5. The Morgan fingerprint density at radius 1 is 1.06 bits per heavy atom. The molecule has 8 heteroatoms.